The van der Waals surface area contributed by atoms with Gasteiger partial charge in [-0.15, -0.1) is 0 Å². The predicted octanol–water partition coefficient (Wildman–Crippen LogP) is 4.52. The van der Waals surface area contributed by atoms with Crippen molar-refractivity contribution in [3.8, 4) is 0 Å². The number of rotatable bonds is 7. The number of hydrogen-bond donors (Lipinski definition) is 1. The minimum absolute atomic E-state index is 0.0132. The van der Waals surface area contributed by atoms with E-state index in [0.717, 1.165) is 21.0 Å². The molecule has 0 unspecified atom stereocenters. The van der Waals surface area contributed by atoms with Gasteiger partial charge in [-0.2, -0.15) is 0 Å². The van der Waals surface area contributed by atoms with E-state index in [9.17, 15) is 17.6 Å². The van der Waals surface area contributed by atoms with Gasteiger partial charge in [0, 0.05) is 0 Å². The molecule has 0 spiro atoms. The number of halogens is 1. The molecule has 0 heterocycles. The summed E-state index contributed by atoms with van der Waals surface area (Å²) in [6, 6.07) is 19.1. The molecule has 1 N–H and O–H groups in total. The summed E-state index contributed by atoms with van der Waals surface area (Å²) in [5.74, 6) is -1.26. The molecule has 5 nitrogen and oxygen atoms in total. The molecule has 0 bridgehead atoms. The number of carbonyl (C=O) groups is 1. The summed E-state index contributed by atoms with van der Waals surface area (Å²) in [4.78, 5) is 12.8. The second-order valence-electron chi connectivity index (χ2n) is 7.48. The lowest BCUT2D eigenvalue weighted by molar-refractivity contribution is -0.120. The maximum absolute atomic E-state index is 14.5. The highest BCUT2D eigenvalue weighted by Crippen LogP contribution is 2.26. The van der Waals surface area contributed by atoms with Crippen molar-refractivity contribution in [2.75, 3.05) is 10.8 Å². The summed E-state index contributed by atoms with van der Waals surface area (Å²) in [6.45, 7) is 5.07. The molecule has 31 heavy (non-hydrogen) atoms. The molecule has 162 valence electrons. The quantitative estimate of drug-likeness (QED) is 0.588. The highest BCUT2D eigenvalue weighted by molar-refractivity contribution is 7.92. The summed E-state index contributed by atoms with van der Waals surface area (Å²) in [6.07, 6.45) is 0. The van der Waals surface area contributed by atoms with Crippen molar-refractivity contribution in [3.63, 3.8) is 0 Å². The molecule has 3 rings (SSSR count). The van der Waals surface area contributed by atoms with Crippen LogP contribution in [0, 0.1) is 19.7 Å². The van der Waals surface area contributed by atoms with Crippen LogP contribution in [0.2, 0.25) is 0 Å². The van der Waals surface area contributed by atoms with Crippen LogP contribution in [-0.4, -0.2) is 20.9 Å². The van der Waals surface area contributed by atoms with E-state index in [1.54, 1.807) is 12.1 Å². The summed E-state index contributed by atoms with van der Waals surface area (Å²) in [5, 5.41) is 2.80. The van der Waals surface area contributed by atoms with Crippen molar-refractivity contribution in [1.29, 1.82) is 0 Å². The third-order valence-electron chi connectivity index (χ3n) is 4.97. The van der Waals surface area contributed by atoms with E-state index >= 15 is 0 Å². The van der Waals surface area contributed by atoms with Gasteiger partial charge in [0.1, 0.15) is 12.4 Å². The lowest BCUT2D eigenvalue weighted by Gasteiger charge is -2.25. The van der Waals surface area contributed by atoms with Crippen LogP contribution >= 0.6 is 0 Å². The predicted molar refractivity (Wildman–Crippen MR) is 120 cm³/mol. The van der Waals surface area contributed by atoms with Crippen LogP contribution in [0.25, 0.3) is 0 Å². The van der Waals surface area contributed by atoms with Crippen LogP contribution in [-0.2, 0) is 14.8 Å². The van der Waals surface area contributed by atoms with E-state index in [4.69, 9.17) is 0 Å². The van der Waals surface area contributed by atoms with Crippen molar-refractivity contribution in [1.82, 2.24) is 5.32 Å². The lowest BCUT2D eigenvalue weighted by atomic mass is 10.1. The molecule has 0 aromatic heterocycles. The maximum Gasteiger partial charge on any atom is 0.264 e. The number of aryl methyl sites for hydroxylation is 2. The first-order chi connectivity index (χ1) is 14.7. The Kier molecular flexibility index (Phi) is 6.75. The van der Waals surface area contributed by atoms with E-state index in [1.807, 2.05) is 45.0 Å². The summed E-state index contributed by atoms with van der Waals surface area (Å²) in [5.41, 5.74) is 2.69. The Morgan fingerprint density at radius 1 is 0.935 bits per heavy atom. The molecular weight excluding hydrogens is 415 g/mol. The van der Waals surface area contributed by atoms with E-state index in [-0.39, 0.29) is 16.6 Å². The zero-order valence-electron chi connectivity index (χ0n) is 17.7. The van der Waals surface area contributed by atoms with Gasteiger partial charge in [-0.25, -0.2) is 12.8 Å². The fraction of sp³-hybridized carbons (Fsp3) is 0.208. The first-order valence-electron chi connectivity index (χ1n) is 9.88. The molecule has 0 radical (unpaired) electrons. The van der Waals surface area contributed by atoms with E-state index < -0.39 is 28.3 Å². The Morgan fingerprint density at radius 3 is 2.06 bits per heavy atom. The van der Waals surface area contributed by atoms with Gasteiger partial charge in [0.2, 0.25) is 5.91 Å². The van der Waals surface area contributed by atoms with Gasteiger partial charge < -0.3 is 5.32 Å². The normalized spacial score (nSPS) is 12.3. The fourth-order valence-corrected chi connectivity index (χ4v) is 4.58. The third-order valence-corrected chi connectivity index (χ3v) is 6.75. The zero-order chi connectivity index (χ0) is 22.6. The average Bonchev–Trinajstić information content (AvgIpc) is 2.73. The number of para-hydroxylation sites is 1. The van der Waals surface area contributed by atoms with E-state index in [2.05, 4.69) is 5.32 Å². The molecule has 0 aliphatic carbocycles. The van der Waals surface area contributed by atoms with Crippen molar-refractivity contribution >= 4 is 21.6 Å². The van der Waals surface area contributed by atoms with E-state index in [1.165, 1.54) is 36.4 Å². The second-order valence-corrected chi connectivity index (χ2v) is 9.34. The van der Waals surface area contributed by atoms with Crippen molar-refractivity contribution in [3.05, 3.63) is 95.3 Å². The van der Waals surface area contributed by atoms with Crippen LogP contribution in [0.1, 0.15) is 29.7 Å². The Morgan fingerprint density at radius 2 is 1.48 bits per heavy atom. The Labute approximate surface area is 182 Å². The van der Waals surface area contributed by atoms with Crippen LogP contribution in [0.3, 0.4) is 0 Å². The molecule has 3 aromatic rings. The first-order valence-corrected chi connectivity index (χ1v) is 11.3. The smallest absolute Gasteiger partial charge is 0.264 e. The number of anilines is 1. The lowest BCUT2D eigenvalue weighted by Crippen LogP contribution is -2.42. The topological polar surface area (TPSA) is 66.5 Å². The molecule has 0 fully saturated rings. The molecule has 7 heteroatoms. The van der Waals surface area contributed by atoms with Crippen molar-refractivity contribution in [2.45, 2.75) is 31.7 Å². The third kappa shape index (κ3) is 5.30. The Balaban J connectivity index is 1.90. The number of amides is 1. The number of sulfonamides is 1. The number of hydrogen-bond acceptors (Lipinski definition) is 3. The molecule has 0 aliphatic rings. The van der Waals surface area contributed by atoms with Crippen LogP contribution in [0.5, 0.6) is 0 Å². The molecule has 0 aliphatic heterocycles. The largest absolute Gasteiger partial charge is 0.348 e. The summed E-state index contributed by atoms with van der Waals surface area (Å²) in [7, 11) is -4.16. The Bertz CT molecular complexity index is 1160. The minimum Gasteiger partial charge on any atom is -0.348 e. The number of carbonyl (C=O) groups excluding carboxylic acids is 1. The van der Waals surface area contributed by atoms with Gasteiger partial charge in [-0.05, 0) is 50.6 Å². The van der Waals surface area contributed by atoms with Crippen LogP contribution in [0.4, 0.5) is 10.1 Å². The van der Waals surface area contributed by atoms with Gasteiger partial charge in [0.25, 0.3) is 10.0 Å². The highest BCUT2D eigenvalue weighted by atomic mass is 32.2. The van der Waals surface area contributed by atoms with Crippen LogP contribution < -0.4 is 9.62 Å². The minimum atomic E-state index is -4.16. The number of nitrogens with zero attached hydrogens (tertiary/aromatic N) is 1. The van der Waals surface area contributed by atoms with Crippen molar-refractivity contribution in [2.24, 2.45) is 0 Å². The first kappa shape index (κ1) is 22.5. The highest BCUT2D eigenvalue weighted by Gasteiger charge is 2.29. The zero-order valence-corrected chi connectivity index (χ0v) is 18.5. The molecule has 3 aromatic carbocycles. The maximum atomic E-state index is 14.5. The monoisotopic (exact) mass is 440 g/mol. The molecule has 1 atom stereocenters. The molecule has 1 amide bonds. The fourth-order valence-electron chi connectivity index (χ4n) is 3.15. The van der Waals surface area contributed by atoms with Gasteiger partial charge in [0.15, 0.2) is 0 Å². The number of benzene rings is 3. The molecular formula is C24H25FN2O3S. The van der Waals surface area contributed by atoms with Gasteiger partial charge in [-0.1, -0.05) is 59.7 Å². The van der Waals surface area contributed by atoms with Crippen molar-refractivity contribution < 1.29 is 17.6 Å². The average molecular weight is 441 g/mol. The van der Waals surface area contributed by atoms with E-state index in [0.29, 0.717) is 0 Å². The number of nitrogens with one attached hydrogen (secondary N) is 1. The summed E-state index contributed by atoms with van der Waals surface area (Å²) < 4.78 is 41.9. The van der Waals surface area contributed by atoms with Gasteiger partial charge in [-0.3, -0.25) is 9.10 Å². The second kappa shape index (κ2) is 9.31. The Hall–Kier alpha value is -3.19. The SMILES string of the molecule is Cc1ccc([C@H](C)NC(=O)CN(c2ccccc2F)S(=O)(=O)c2ccc(C)cc2)cc1. The van der Waals surface area contributed by atoms with Gasteiger partial charge >= 0.3 is 0 Å². The van der Waals surface area contributed by atoms with Gasteiger partial charge in [0.05, 0.1) is 16.6 Å². The molecule has 0 saturated carbocycles. The molecule has 0 saturated heterocycles. The standard InChI is InChI=1S/C24H25FN2O3S/c1-17-8-12-20(13-9-17)19(3)26-24(28)16-27(23-7-5-4-6-22(23)25)31(29,30)21-14-10-18(2)11-15-21/h4-15,19H,16H2,1-3H3,(H,26,28)/t19-/m0/s1. The summed E-state index contributed by atoms with van der Waals surface area (Å²) >= 11 is 0. The van der Waals surface area contributed by atoms with Crippen LogP contribution in [0.15, 0.2) is 77.7 Å².